The van der Waals surface area contributed by atoms with Gasteiger partial charge in [0.05, 0.1) is 5.52 Å². The maximum absolute atomic E-state index is 6.08. The van der Waals surface area contributed by atoms with Crippen molar-refractivity contribution in [3.63, 3.8) is 0 Å². The molecule has 2 nitrogen and oxygen atoms in total. The first kappa shape index (κ1) is 12.7. The van der Waals surface area contributed by atoms with E-state index >= 15 is 0 Å². The topological polar surface area (TPSA) is 22.1 Å². The van der Waals surface area contributed by atoms with Crippen LogP contribution in [0.2, 0.25) is 0 Å². The number of benzene rings is 2. The van der Waals surface area contributed by atoms with Crippen LogP contribution in [0, 0.1) is 13.8 Å². The number of fused-ring (bicyclic) bond motifs is 1. The largest absolute Gasteiger partial charge is 0.488 e. The lowest BCUT2D eigenvalue weighted by atomic mass is 10.1. The monoisotopic (exact) mass is 263 g/mol. The molecule has 0 amide bonds. The van der Waals surface area contributed by atoms with E-state index in [4.69, 9.17) is 4.74 Å². The SMILES string of the molecule is Cc1nc2ccccc2c(OCc2ccccc2)c1C. The molecule has 0 spiro atoms. The summed E-state index contributed by atoms with van der Waals surface area (Å²) < 4.78 is 6.08. The van der Waals surface area contributed by atoms with E-state index in [1.807, 2.05) is 43.3 Å². The average molecular weight is 263 g/mol. The van der Waals surface area contributed by atoms with Crippen molar-refractivity contribution in [1.82, 2.24) is 4.98 Å². The minimum Gasteiger partial charge on any atom is -0.488 e. The summed E-state index contributed by atoms with van der Waals surface area (Å²) >= 11 is 0. The first-order valence-corrected chi connectivity index (χ1v) is 6.78. The molecule has 0 aliphatic carbocycles. The molecule has 0 atom stereocenters. The van der Waals surface area contributed by atoms with E-state index < -0.39 is 0 Å². The van der Waals surface area contributed by atoms with Crippen LogP contribution in [0.1, 0.15) is 16.8 Å². The summed E-state index contributed by atoms with van der Waals surface area (Å²) in [5.74, 6) is 0.942. The molecule has 2 aromatic carbocycles. The maximum Gasteiger partial charge on any atom is 0.133 e. The van der Waals surface area contributed by atoms with Crippen molar-refractivity contribution in [2.24, 2.45) is 0 Å². The second-order valence-corrected chi connectivity index (χ2v) is 4.94. The lowest BCUT2D eigenvalue weighted by molar-refractivity contribution is 0.307. The van der Waals surface area contributed by atoms with Gasteiger partial charge in [-0.25, -0.2) is 0 Å². The zero-order chi connectivity index (χ0) is 13.9. The summed E-state index contributed by atoms with van der Waals surface area (Å²) in [6, 6.07) is 18.3. The molecule has 20 heavy (non-hydrogen) atoms. The number of ether oxygens (including phenoxy) is 1. The fourth-order valence-electron chi connectivity index (χ4n) is 2.31. The highest BCUT2D eigenvalue weighted by Gasteiger charge is 2.10. The number of nitrogens with zero attached hydrogens (tertiary/aromatic N) is 1. The van der Waals surface area contributed by atoms with Crippen LogP contribution in [-0.4, -0.2) is 4.98 Å². The molecular formula is C18H17NO. The highest BCUT2D eigenvalue weighted by atomic mass is 16.5. The van der Waals surface area contributed by atoms with Crippen LogP contribution >= 0.6 is 0 Å². The Labute approximate surface area is 119 Å². The predicted octanol–water partition coefficient (Wildman–Crippen LogP) is 4.43. The number of aryl methyl sites for hydroxylation is 1. The summed E-state index contributed by atoms with van der Waals surface area (Å²) in [5, 5.41) is 1.08. The molecule has 0 radical (unpaired) electrons. The van der Waals surface area contributed by atoms with Gasteiger partial charge in [-0.2, -0.15) is 0 Å². The first-order chi connectivity index (χ1) is 9.75. The molecule has 3 rings (SSSR count). The highest BCUT2D eigenvalue weighted by Crippen LogP contribution is 2.30. The Hall–Kier alpha value is -2.35. The standard InChI is InChI=1S/C18H17NO/c1-13-14(2)19-17-11-7-6-10-16(17)18(13)20-12-15-8-4-3-5-9-15/h3-11H,12H2,1-2H3. The average Bonchev–Trinajstić information content (AvgIpc) is 2.49. The van der Waals surface area contributed by atoms with Crippen LogP contribution in [0.25, 0.3) is 10.9 Å². The van der Waals surface area contributed by atoms with E-state index in [9.17, 15) is 0 Å². The van der Waals surface area contributed by atoms with Crippen molar-refractivity contribution in [2.45, 2.75) is 20.5 Å². The zero-order valence-electron chi connectivity index (χ0n) is 11.8. The molecule has 0 saturated carbocycles. The third-order valence-electron chi connectivity index (χ3n) is 3.55. The van der Waals surface area contributed by atoms with Gasteiger partial charge in [-0.1, -0.05) is 42.5 Å². The number of para-hydroxylation sites is 1. The summed E-state index contributed by atoms with van der Waals surface area (Å²) in [6.07, 6.45) is 0. The van der Waals surface area contributed by atoms with Crippen LogP contribution in [0.15, 0.2) is 54.6 Å². The lowest BCUT2D eigenvalue weighted by Gasteiger charge is -2.14. The molecule has 0 aliphatic rings. The second kappa shape index (κ2) is 5.33. The Balaban J connectivity index is 2.00. The van der Waals surface area contributed by atoms with Gasteiger partial charge in [0.2, 0.25) is 0 Å². The molecule has 0 bridgehead atoms. The Bertz CT molecular complexity index is 735. The van der Waals surface area contributed by atoms with Crippen LogP contribution in [0.3, 0.4) is 0 Å². The molecule has 0 saturated heterocycles. The quantitative estimate of drug-likeness (QED) is 0.697. The third kappa shape index (κ3) is 2.37. The molecule has 1 heterocycles. The van der Waals surface area contributed by atoms with Gasteiger partial charge in [-0.3, -0.25) is 4.98 Å². The number of rotatable bonds is 3. The Morgan fingerprint density at radius 3 is 2.40 bits per heavy atom. The van der Waals surface area contributed by atoms with Crippen molar-refractivity contribution >= 4 is 10.9 Å². The molecule has 0 aliphatic heterocycles. The highest BCUT2D eigenvalue weighted by molar-refractivity contribution is 5.86. The van der Waals surface area contributed by atoms with Crippen LogP contribution in [0.4, 0.5) is 0 Å². The number of hydrogen-bond acceptors (Lipinski definition) is 2. The summed E-state index contributed by atoms with van der Waals surface area (Å²) in [6.45, 7) is 4.67. The Morgan fingerprint density at radius 1 is 0.900 bits per heavy atom. The van der Waals surface area contributed by atoms with E-state index in [0.29, 0.717) is 6.61 Å². The first-order valence-electron chi connectivity index (χ1n) is 6.78. The number of pyridine rings is 1. The van der Waals surface area contributed by atoms with E-state index in [1.165, 1.54) is 5.56 Å². The van der Waals surface area contributed by atoms with Crippen LogP contribution < -0.4 is 4.74 Å². The van der Waals surface area contributed by atoms with Gasteiger partial charge in [-0.15, -0.1) is 0 Å². The summed E-state index contributed by atoms with van der Waals surface area (Å²) in [5.41, 5.74) is 4.29. The second-order valence-electron chi connectivity index (χ2n) is 4.94. The normalized spacial score (nSPS) is 10.7. The summed E-state index contributed by atoms with van der Waals surface area (Å²) in [4.78, 5) is 4.61. The fraction of sp³-hybridized carbons (Fsp3) is 0.167. The Morgan fingerprint density at radius 2 is 1.60 bits per heavy atom. The van der Waals surface area contributed by atoms with Gasteiger partial charge in [-0.05, 0) is 31.5 Å². The van der Waals surface area contributed by atoms with E-state index in [2.05, 4.69) is 30.1 Å². The van der Waals surface area contributed by atoms with Gasteiger partial charge in [0.15, 0.2) is 0 Å². The molecule has 3 aromatic rings. The lowest BCUT2D eigenvalue weighted by Crippen LogP contribution is -2.00. The van der Waals surface area contributed by atoms with Gasteiger partial charge >= 0.3 is 0 Å². The third-order valence-corrected chi connectivity index (χ3v) is 3.55. The van der Waals surface area contributed by atoms with Gasteiger partial charge in [0.25, 0.3) is 0 Å². The molecule has 1 aromatic heterocycles. The molecule has 0 unspecified atom stereocenters. The minimum absolute atomic E-state index is 0.578. The van der Waals surface area contributed by atoms with Crippen LogP contribution in [-0.2, 0) is 6.61 Å². The van der Waals surface area contributed by atoms with E-state index in [-0.39, 0.29) is 0 Å². The molecule has 100 valence electrons. The predicted molar refractivity (Wildman–Crippen MR) is 82.0 cm³/mol. The van der Waals surface area contributed by atoms with Gasteiger partial charge in [0.1, 0.15) is 12.4 Å². The van der Waals surface area contributed by atoms with Crippen molar-refractivity contribution in [3.8, 4) is 5.75 Å². The number of hydrogen-bond donors (Lipinski definition) is 0. The Kier molecular flexibility index (Phi) is 3.38. The molecule has 0 N–H and O–H groups in total. The zero-order valence-corrected chi connectivity index (χ0v) is 11.8. The molecule has 0 fully saturated rings. The summed E-state index contributed by atoms with van der Waals surface area (Å²) in [7, 11) is 0. The van der Waals surface area contributed by atoms with Crippen molar-refractivity contribution in [3.05, 3.63) is 71.4 Å². The van der Waals surface area contributed by atoms with Crippen molar-refractivity contribution < 1.29 is 4.74 Å². The molecule has 2 heteroatoms. The van der Waals surface area contributed by atoms with E-state index in [1.54, 1.807) is 0 Å². The van der Waals surface area contributed by atoms with Gasteiger partial charge in [0, 0.05) is 16.6 Å². The molecular weight excluding hydrogens is 246 g/mol. The van der Waals surface area contributed by atoms with Crippen LogP contribution in [0.5, 0.6) is 5.75 Å². The van der Waals surface area contributed by atoms with E-state index in [0.717, 1.165) is 27.9 Å². The fourth-order valence-corrected chi connectivity index (χ4v) is 2.31. The van der Waals surface area contributed by atoms with Crippen molar-refractivity contribution in [2.75, 3.05) is 0 Å². The van der Waals surface area contributed by atoms with Gasteiger partial charge < -0.3 is 4.74 Å². The minimum atomic E-state index is 0.578. The maximum atomic E-state index is 6.08. The number of aromatic nitrogens is 1. The van der Waals surface area contributed by atoms with Crippen molar-refractivity contribution in [1.29, 1.82) is 0 Å². The smallest absolute Gasteiger partial charge is 0.133 e.